The number of guanidine groups is 1. The number of ether oxygens (including phenoxy) is 1. The van der Waals surface area contributed by atoms with E-state index < -0.39 is 6.61 Å². The lowest BCUT2D eigenvalue weighted by atomic mass is 10.2. The van der Waals surface area contributed by atoms with Gasteiger partial charge < -0.3 is 20.4 Å². The summed E-state index contributed by atoms with van der Waals surface area (Å²) in [7, 11) is 0. The third-order valence-corrected chi connectivity index (χ3v) is 3.97. The number of nitrogens with one attached hydrogen (secondary N) is 3. The summed E-state index contributed by atoms with van der Waals surface area (Å²) < 4.78 is 29.6. The molecule has 0 aliphatic rings. The molecule has 0 bridgehead atoms. The monoisotopic (exact) mass is 372 g/mol. The van der Waals surface area contributed by atoms with Crippen LogP contribution >= 0.6 is 0 Å². The number of aromatic nitrogens is 1. The highest BCUT2D eigenvalue weighted by molar-refractivity contribution is 5.81. The van der Waals surface area contributed by atoms with E-state index in [1.165, 1.54) is 6.07 Å². The van der Waals surface area contributed by atoms with Gasteiger partial charge in [0.05, 0.1) is 13.1 Å². The van der Waals surface area contributed by atoms with Crippen molar-refractivity contribution in [2.24, 2.45) is 4.99 Å². The van der Waals surface area contributed by atoms with Crippen molar-refractivity contribution in [3.63, 3.8) is 0 Å². The molecule has 3 N–H and O–H groups in total. The second-order valence-corrected chi connectivity index (χ2v) is 5.92. The molecule has 0 aliphatic heterocycles. The molecule has 2 aromatic carbocycles. The SMILES string of the molecule is CCNC(=NCc1ccccc1OC(F)F)NCc1cc2ccccc2[nH]1. The van der Waals surface area contributed by atoms with Crippen LogP contribution in [-0.2, 0) is 13.1 Å². The van der Waals surface area contributed by atoms with Gasteiger partial charge >= 0.3 is 6.61 Å². The van der Waals surface area contributed by atoms with Crippen LogP contribution in [0.4, 0.5) is 8.78 Å². The number of benzene rings is 2. The molecule has 1 heterocycles. The van der Waals surface area contributed by atoms with Gasteiger partial charge in [-0.25, -0.2) is 4.99 Å². The molecule has 0 radical (unpaired) electrons. The summed E-state index contributed by atoms with van der Waals surface area (Å²) in [6, 6.07) is 16.8. The highest BCUT2D eigenvalue weighted by atomic mass is 19.3. The van der Waals surface area contributed by atoms with Crippen LogP contribution in [0.3, 0.4) is 0 Å². The first kappa shape index (κ1) is 18.7. The number of fused-ring (bicyclic) bond motifs is 1. The highest BCUT2D eigenvalue weighted by Gasteiger charge is 2.09. The number of aromatic amines is 1. The fourth-order valence-corrected chi connectivity index (χ4v) is 2.76. The maximum absolute atomic E-state index is 12.5. The normalized spacial score (nSPS) is 11.8. The van der Waals surface area contributed by atoms with Crippen molar-refractivity contribution >= 4 is 16.9 Å². The van der Waals surface area contributed by atoms with Crippen LogP contribution in [0.5, 0.6) is 5.75 Å². The Labute approximate surface area is 156 Å². The molecule has 142 valence electrons. The second kappa shape index (κ2) is 9.02. The maximum Gasteiger partial charge on any atom is 0.387 e. The van der Waals surface area contributed by atoms with Gasteiger partial charge in [-0.05, 0) is 30.5 Å². The molecule has 0 saturated heterocycles. The Balaban J connectivity index is 1.68. The lowest BCUT2D eigenvalue weighted by Gasteiger charge is -2.12. The largest absolute Gasteiger partial charge is 0.434 e. The summed E-state index contributed by atoms with van der Waals surface area (Å²) >= 11 is 0. The summed E-state index contributed by atoms with van der Waals surface area (Å²) in [4.78, 5) is 7.83. The van der Waals surface area contributed by atoms with Gasteiger partial charge in [-0.1, -0.05) is 36.4 Å². The third-order valence-electron chi connectivity index (χ3n) is 3.97. The van der Waals surface area contributed by atoms with Gasteiger partial charge in [0.25, 0.3) is 0 Å². The Morgan fingerprint density at radius 2 is 1.89 bits per heavy atom. The molecule has 0 aliphatic carbocycles. The number of H-pyrrole nitrogens is 1. The Morgan fingerprint density at radius 3 is 2.67 bits per heavy atom. The van der Waals surface area contributed by atoms with Crippen LogP contribution in [0.25, 0.3) is 10.9 Å². The standard InChI is InChI=1S/C20H22F2N4O/c1-2-23-20(24-12-15-8-4-6-10-18(15)27-19(21)22)25-13-16-11-14-7-3-5-9-17(14)26-16/h3-11,19,26H,2,12-13H2,1H3,(H2,23,24,25). The molecule has 7 heteroatoms. The van der Waals surface area contributed by atoms with Gasteiger partial charge in [0.1, 0.15) is 5.75 Å². The molecule has 0 spiro atoms. The van der Waals surface area contributed by atoms with Crippen molar-refractivity contribution in [2.75, 3.05) is 6.54 Å². The maximum atomic E-state index is 12.5. The smallest absolute Gasteiger partial charge is 0.387 e. The molecule has 0 atom stereocenters. The van der Waals surface area contributed by atoms with E-state index in [1.807, 2.05) is 25.1 Å². The van der Waals surface area contributed by atoms with Gasteiger partial charge in [0.15, 0.2) is 5.96 Å². The van der Waals surface area contributed by atoms with E-state index in [4.69, 9.17) is 0 Å². The van der Waals surface area contributed by atoms with Crippen LogP contribution < -0.4 is 15.4 Å². The van der Waals surface area contributed by atoms with E-state index in [0.717, 1.165) is 16.6 Å². The fraction of sp³-hybridized carbons (Fsp3) is 0.250. The molecule has 27 heavy (non-hydrogen) atoms. The van der Waals surface area contributed by atoms with Gasteiger partial charge in [-0.3, -0.25) is 0 Å². The molecule has 5 nitrogen and oxygen atoms in total. The molecule has 3 rings (SSSR count). The molecule has 0 fully saturated rings. The van der Waals surface area contributed by atoms with Crippen molar-refractivity contribution < 1.29 is 13.5 Å². The molecule has 3 aromatic rings. The van der Waals surface area contributed by atoms with Crippen LogP contribution in [-0.4, -0.2) is 24.1 Å². The molecule has 0 saturated carbocycles. The average molecular weight is 372 g/mol. The van der Waals surface area contributed by atoms with E-state index in [0.29, 0.717) is 24.6 Å². The van der Waals surface area contributed by atoms with Crippen molar-refractivity contribution in [1.82, 2.24) is 15.6 Å². The van der Waals surface area contributed by atoms with E-state index in [1.54, 1.807) is 18.2 Å². The van der Waals surface area contributed by atoms with Gasteiger partial charge in [0, 0.05) is 23.3 Å². The zero-order valence-electron chi connectivity index (χ0n) is 15.0. The minimum Gasteiger partial charge on any atom is -0.434 e. The fourth-order valence-electron chi connectivity index (χ4n) is 2.76. The van der Waals surface area contributed by atoms with E-state index in [9.17, 15) is 8.78 Å². The minimum atomic E-state index is -2.86. The number of alkyl halides is 2. The first-order valence-electron chi connectivity index (χ1n) is 8.77. The predicted octanol–water partition coefficient (Wildman–Crippen LogP) is 4.02. The number of nitrogens with zero attached hydrogens (tertiary/aromatic N) is 1. The summed E-state index contributed by atoms with van der Waals surface area (Å²) in [5, 5.41) is 7.55. The summed E-state index contributed by atoms with van der Waals surface area (Å²) in [5.41, 5.74) is 2.71. The summed E-state index contributed by atoms with van der Waals surface area (Å²) in [6.07, 6.45) is 0. The number of halogens is 2. The first-order valence-corrected chi connectivity index (χ1v) is 8.77. The van der Waals surface area contributed by atoms with Crippen LogP contribution in [0.1, 0.15) is 18.2 Å². The Bertz CT molecular complexity index is 875. The van der Waals surface area contributed by atoms with E-state index >= 15 is 0 Å². The summed E-state index contributed by atoms with van der Waals surface area (Å²) in [6.45, 7) is 0.589. The van der Waals surface area contributed by atoms with E-state index in [2.05, 4.69) is 37.5 Å². The summed E-state index contributed by atoms with van der Waals surface area (Å²) in [5.74, 6) is 0.741. The van der Waals surface area contributed by atoms with Gasteiger partial charge in [-0.2, -0.15) is 8.78 Å². The Kier molecular flexibility index (Phi) is 6.25. The molecular weight excluding hydrogens is 350 g/mol. The number of aliphatic imine (C=N–C) groups is 1. The topological polar surface area (TPSA) is 61.4 Å². The zero-order valence-corrected chi connectivity index (χ0v) is 15.0. The lowest BCUT2D eigenvalue weighted by molar-refractivity contribution is -0.0504. The van der Waals surface area contributed by atoms with Gasteiger partial charge in [0.2, 0.25) is 0 Å². The number of hydrogen-bond donors (Lipinski definition) is 3. The third kappa shape index (κ3) is 5.20. The Morgan fingerprint density at radius 1 is 1.11 bits per heavy atom. The number of rotatable bonds is 7. The van der Waals surface area contributed by atoms with Crippen LogP contribution in [0, 0.1) is 0 Å². The average Bonchev–Trinajstić information content (AvgIpc) is 3.07. The minimum absolute atomic E-state index is 0.141. The first-order chi connectivity index (χ1) is 13.2. The molecular formula is C20H22F2N4O. The molecule has 0 amide bonds. The second-order valence-electron chi connectivity index (χ2n) is 5.92. The molecule has 1 aromatic heterocycles. The quantitative estimate of drug-likeness (QED) is 0.434. The molecule has 0 unspecified atom stereocenters. The predicted molar refractivity (Wildman–Crippen MR) is 103 cm³/mol. The highest BCUT2D eigenvalue weighted by Crippen LogP contribution is 2.21. The van der Waals surface area contributed by atoms with Crippen molar-refractivity contribution in [2.45, 2.75) is 26.6 Å². The van der Waals surface area contributed by atoms with E-state index in [-0.39, 0.29) is 12.3 Å². The van der Waals surface area contributed by atoms with Crippen molar-refractivity contribution in [3.8, 4) is 5.75 Å². The van der Waals surface area contributed by atoms with Gasteiger partial charge in [-0.15, -0.1) is 0 Å². The Hall–Kier alpha value is -3.09. The van der Waals surface area contributed by atoms with Crippen molar-refractivity contribution in [3.05, 3.63) is 65.9 Å². The zero-order chi connectivity index (χ0) is 19.1. The van der Waals surface area contributed by atoms with Crippen LogP contribution in [0.2, 0.25) is 0 Å². The lowest BCUT2D eigenvalue weighted by Crippen LogP contribution is -2.36. The number of hydrogen-bond acceptors (Lipinski definition) is 2. The van der Waals surface area contributed by atoms with Crippen molar-refractivity contribution in [1.29, 1.82) is 0 Å². The number of para-hydroxylation sites is 2. The van der Waals surface area contributed by atoms with Crippen LogP contribution in [0.15, 0.2) is 59.6 Å².